The Hall–Kier alpha value is -4.48. The van der Waals surface area contributed by atoms with Crippen molar-refractivity contribution >= 4 is 29.3 Å². The van der Waals surface area contributed by atoms with E-state index in [9.17, 15) is 15.3 Å². The van der Waals surface area contributed by atoms with Crippen molar-refractivity contribution in [2.45, 2.75) is 24.1 Å². The van der Waals surface area contributed by atoms with E-state index in [2.05, 4.69) is 21.4 Å². The molecular weight excluding hydrogens is 480 g/mol. The zero-order valence-corrected chi connectivity index (χ0v) is 21.2. The molecule has 1 atom stereocenters. The molecule has 0 saturated carbocycles. The van der Waals surface area contributed by atoms with E-state index in [0.717, 1.165) is 17.3 Å². The van der Waals surface area contributed by atoms with Crippen LogP contribution in [-0.4, -0.2) is 42.5 Å². The monoisotopic (exact) mass is 504 g/mol. The largest absolute Gasteiger partial charge is 0.493 e. The normalized spacial score (nSPS) is 11.1. The zero-order chi connectivity index (χ0) is 26.4. The van der Waals surface area contributed by atoms with Gasteiger partial charge in [0.15, 0.2) is 11.5 Å². The van der Waals surface area contributed by atoms with Gasteiger partial charge in [-0.2, -0.15) is 10.5 Å². The van der Waals surface area contributed by atoms with Crippen LogP contribution in [0.15, 0.2) is 35.5 Å². The highest BCUT2D eigenvalue weighted by Gasteiger charge is 2.26. The second-order valence-electron chi connectivity index (χ2n) is 7.53. The SMILES string of the molecule is COc1cc(-c2c(C#N)c(N)nc(SC(C)C(=O)Nc3cc(C)ccn3)c2C#N)cc(OC)c1OC. The third-order valence-electron chi connectivity index (χ3n) is 5.19. The molecule has 0 fully saturated rings. The van der Waals surface area contributed by atoms with Crippen LogP contribution in [0.5, 0.6) is 17.2 Å². The number of nitrogen functional groups attached to an aromatic ring is 1. The molecule has 1 aromatic carbocycles. The van der Waals surface area contributed by atoms with Gasteiger partial charge in [-0.3, -0.25) is 4.79 Å². The number of carbonyl (C=O) groups excluding carboxylic acids is 1. The van der Waals surface area contributed by atoms with Gasteiger partial charge in [-0.1, -0.05) is 11.8 Å². The number of ether oxygens (including phenoxy) is 3. The van der Waals surface area contributed by atoms with E-state index in [4.69, 9.17) is 19.9 Å². The Morgan fingerprint density at radius 1 is 1.08 bits per heavy atom. The first-order chi connectivity index (χ1) is 17.3. The quantitative estimate of drug-likeness (QED) is 0.431. The number of anilines is 2. The highest BCUT2D eigenvalue weighted by Crippen LogP contribution is 2.44. The molecule has 0 aliphatic heterocycles. The summed E-state index contributed by atoms with van der Waals surface area (Å²) in [6.45, 7) is 3.56. The Kier molecular flexibility index (Phi) is 8.20. The molecule has 0 spiro atoms. The van der Waals surface area contributed by atoms with Crippen LogP contribution in [0.3, 0.4) is 0 Å². The summed E-state index contributed by atoms with van der Waals surface area (Å²) < 4.78 is 16.2. The van der Waals surface area contributed by atoms with E-state index in [1.54, 1.807) is 31.3 Å². The number of benzene rings is 1. The maximum atomic E-state index is 12.8. The van der Waals surface area contributed by atoms with Crippen molar-refractivity contribution in [1.29, 1.82) is 10.5 Å². The maximum Gasteiger partial charge on any atom is 0.238 e. The molecule has 3 N–H and O–H groups in total. The van der Waals surface area contributed by atoms with Gasteiger partial charge in [0.25, 0.3) is 0 Å². The van der Waals surface area contributed by atoms with E-state index in [0.29, 0.717) is 28.6 Å². The van der Waals surface area contributed by atoms with Gasteiger partial charge < -0.3 is 25.3 Å². The number of hydrogen-bond donors (Lipinski definition) is 2. The number of aryl methyl sites for hydroxylation is 1. The van der Waals surface area contributed by atoms with E-state index < -0.39 is 5.25 Å². The summed E-state index contributed by atoms with van der Waals surface area (Å²) in [5.41, 5.74) is 7.88. The van der Waals surface area contributed by atoms with Crippen LogP contribution in [0, 0.1) is 29.6 Å². The van der Waals surface area contributed by atoms with Crippen molar-refractivity contribution in [3.63, 3.8) is 0 Å². The fraction of sp³-hybridized carbons (Fsp3) is 0.240. The van der Waals surface area contributed by atoms with Crippen LogP contribution >= 0.6 is 11.8 Å². The van der Waals surface area contributed by atoms with Crippen LogP contribution in [-0.2, 0) is 4.79 Å². The number of aromatic nitrogens is 2. The van der Waals surface area contributed by atoms with Crippen molar-refractivity contribution in [2.24, 2.45) is 0 Å². The third kappa shape index (κ3) is 5.27. The topological polar surface area (TPSA) is 156 Å². The summed E-state index contributed by atoms with van der Waals surface area (Å²) in [4.78, 5) is 21.2. The molecule has 3 rings (SSSR count). The van der Waals surface area contributed by atoms with Crippen LogP contribution < -0.4 is 25.3 Å². The number of methoxy groups -OCH3 is 3. The predicted octanol–water partition coefficient (Wildman–Crippen LogP) is 3.92. The number of nitrogens with zero attached hydrogens (tertiary/aromatic N) is 4. The van der Waals surface area contributed by atoms with E-state index in [1.165, 1.54) is 21.3 Å². The number of nitrogens with one attached hydrogen (secondary N) is 1. The Balaban J connectivity index is 2.09. The molecule has 2 heterocycles. The van der Waals surface area contributed by atoms with E-state index in [1.807, 2.05) is 19.1 Å². The summed E-state index contributed by atoms with van der Waals surface area (Å²) in [7, 11) is 4.39. The minimum absolute atomic E-state index is 0.0197. The van der Waals surface area contributed by atoms with Crippen molar-refractivity contribution in [3.05, 3.63) is 47.2 Å². The smallest absolute Gasteiger partial charge is 0.238 e. The highest BCUT2D eigenvalue weighted by molar-refractivity contribution is 8.00. The molecule has 0 aliphatic rings. The fourth-order valence-corrected chi connectivity index (χ4v) is 4.37. The number of amides is 1. The summed E-state index contributed by atoms with van der Waals surface area (Å²) >= 11 is 1.05. The molecule has 0 radical (unpaired) electrons. The maximum absolute atomic E-state index is 12.8. The first-order valence-corrected chi connectivity index (χ1v) is 11.5. The first kappa shape index (κ1) is 26.1. The van der Waals surface area contributed by atoms with Crippen LogP contribution in [0.2, 0.25) is 0 Å². The minimum atomic E-state index is -0.660. The van der Waals surface area contributed by atoms with Gasteiger partial charge in [-0.25, -0.2) is 9.97 Å². The molecule has 11 heteroatoms. The van der Waals surface area contributed by atoms with Gasteiger partial charge in [0, 0.05) is 11.8 Å². The molecule has 1 unspecified atom stereocenters. The van der Waals surface area contributed by atoms with Crippen molar-refractivity contribution in [2.75, 3.05) is 32.4 Å². The predicted molar refractivity (Wildman–Crippen MR) is 136 cm³/mol. The molecular formula is C25H24N6O4S. The number of nitriles is 2. The zero-order valence-electron chi connectivity index (χ0n) is 20.4. The van der Waals surface area contributed by atoms with Gasteiger partial charge in [0.1, 0.15) is 34.4 Å². The lowest BCUT2D eigenvalue weighted by Crippen LogP contribution is -2.23. The van der Waals surface area contributed by atoms with E-state index in [-0.39, 0.29) is 33.4 Å². The molecule has 36 heavy (non-hydrogen) atoms. The lowest BCUT2D eigenvalue weighted by Gasteiger charge is -2.18. The third-order valence-corrected chi connectivity index (χ3v) is 6.28. The number of rotatable bonds is 8. The number of nitrogens with two attached hydrogens (primary N) is 1. The Labute approximate surface area is 213 Å². The molecule has 0 aliphatic carbocycles. The molecule has 1 amide bonds. The Morgan fingerprint density at radius 3 is 2.25 bits per heavy atom. The van der Waals surface area contributed by atoms with Gasteiger partial charge in [0.2, 0.25) is 11.7 Å². The average molecular weight is 505 g/mol. The molecule has 3 aromatic rings. The van der Waals surface area contributed by atoms with Crippen molar-refractivity contribution < 1.29 is 19.0 Å². The molecule has 0 saturated heterocycles. The summed E-state index contributed by atoms with van der Waals surface area (Å²) in [5.74, 6) is 1.04. The van der Waals surface area contributed by atoms with Gasteiger partial charge in [-0.15, -0.1) is 0 Å². The van der Waals surface area contributed by atoms with Gasteiger partial charge >= 0.3 is 0 Å². The van der Waals surface area contributed by atoms with Crippen LogP contribution in [0.4, 0.5) is 11.6 Å². The lowest BCUT2D eigenvalue weighted by molar-refractivity contribution is -0.115. The highest BCUT2D eigenvalue weighted by atomic mass is 32.2. The fourth-order valence-electron chi connectivity index (χ4n) is 3.45. The Bertz CT molecular complexity index is 1370. The van der Waals surface area contributed by atoms with Crippen molar-refractivity contribution in [3.8, 4) is 40.5 Å². The van der Waals surface area contributed by atoms with Crippen molar-refractivity contribution in [1.82, 2.24) is 9.97 Å². The number of hydrogen-bond acceptors (Lipinski definition) is 10. The van der Waals surface area contributed by atoms with Crippen LogP contribution in [0.25, 0.3) is 11.1 Å². The average Bonchev–Trinajstić information content (AvgIpc) is 2.87. The van der Waals surface area contributed by atoms with Crippen LogP contribution in [0.1, 0.15) is 23.6 Å². The van der Waals surface area contributed by atoms with E-state index >= 15 is 0 Å². The lowest BCUT2D eigenvalue weighted by atomic mass is 9.96. The second-order valence-corrected chi connectivity index (χ2v) is 8.86. The number of pyridine rings is 2. The summed E-state index contributed by atoms with van der Waals surface area (Å²) in [6.07, 6.45) is 1.60. The molecule has 2 aromatic heterocycles. The number of thioether (sulfide) groups is 1. The van der Waals surface area contributed by atoms with Gasteiger partial charge in [-0.05, 0) is 49.2 Å². The minimum Gasteiger partial charge on any atom is -0.493 e. The second kappa shape index (κ2) is 11.3. The number of carbonyl (C=O) groups is 1. The summed E-state index contributed by atoms with van der Waals surface area (Å²) in [5, 5.41) is 22.2. The standard InChI is InChI=1S/C25H24N6O4S/c1-13-6-7-29-20(8-13)30-24(32)14(2)36-25-17(12-27)21(16(11-26)23(28)31-25)15-9-18(33-3)22(35-5)19(10-15)34-4/h6-10,14H,1-5H3,(H2,28,31)(H,29,30,32). The Morgan fingerprint density at radius 2 is 1.72 bits per heavy atom. The summed E-state index contributed by atoms with van der Waals surface area (Å²) in [6, 6.07) is 11.0. The molecule has 184 valence electrons. The van der Waals surface area contributed by atoms with Gasteiger partial charge in [0.05, 0.1) is 32.1 Å². The molecule has 0 bridgehead atoms. The first-order valence-electron chi connectivity index (χ1n) is 10.6. The molecule has 10 nitrogen and oxygen atoms in total.